The molecule has 2 nitrogen and oxygen atoms in total. The Morgan fingerprint density at radius 2 is 1.81 bits per heavy atom. The van der Waals surface area contributed by atoms with E-state index in [1.165, 1.54) is 5.56 Å². The first kappa shape index (κ1) is 13.8. The largest absolute Gasteiger partial charge is 1.00 e. The number of hydrogen-bond acceptors (Lipinski definition) is 2. The molecule has 1 saturated heterocycles. The van der Waals surface area contributed by atoms with Crippen molar-refractivity contribution >= 4 is 0 Å². The van der Waals surface area contributed by atoms with Crippen molar-refractivity contribution in [1.82, 2.24) is 4.90 Å². The fraction of sp³-hybridized carbons (Fsp3) is 0.538. The molecule has 0 aromatic heterocycles. The normalized spacial score (nSPS) is 26.1. The molecule has 1 heterocycles. The van der Waals surface area contributed by atoms with Crippen LogP contribution in [0.3, 0.4) is 0 Å². The molecule has 3 heteroatoms. The van der Waals surface area contributed by atoms with Crippen molar-refractivity contribution < 1.29 is 23.6 Å². The Morgan fingerprint density at radius 1 is 1.25 bits per heavy atom. The van der Waals surface area contributed by atoms with Crippen molar-refractivity contribution in [2.24, 2.45) is 0 Å². The standard InChI is InChI=1S/C13H18NO.Li/c1-11-8-14(9-12(2)15-11)10-13-6-4-3-5-7-13;/h4-7,11-12H,8-10H2,1-2H3;/q-1;+1/t11-,12+;. The zero-order valence-corrected chi connectivity index (χ0v) is 10.4. The van der Waals surface area contributed by atoms with E-state index in [0.717, 1.165) is 19.6 Å². The maximum absolute atomic E-state index is 5.71. The van der Waals surface area contributed by atoms with Gasteiger partial charge in [-0.05, 0) is 13.8 Å². The number of ether oxygens (including phenoxy) is 1. The van der Waals surface area contributed by atoms with E-state index in [0.29, 0.717) is 12.2 Å². The van der Waals surface area contributed by atoms with Crippen molar-refractivity contribution in [2.45, 2.75) is 32.6 Å². The molecule has 0 saturated carbocycles. The van der Waals surface area contributed by atoms with E-state index in [1.54, 1.807) is 0 Å². The van der Waals surface area contributed by atoms with Gasteiger partial charge in [-0.15, -0.1) is 5.56 Å². The van der Waals surface area contributed by atoms with Crippen LogP contribution in [0.2, 0.25) is 0 Å². The maximum Gasteiger partial charge on any atom is 1.00 e. The average molecular weight is 211 g/mol. The van der Waals surface area contributed by atoms with Gasteiger partial charge in [-0.3, -0.25) is 4.90 Å². The van der Waals surface area contributed by atoms with Gasteiger partial charge in [-0.25, -0.2) is 0 Å². The van der Waals surface area contributed by atoms with Crippen molar-refractivity contribution in [1.29, 1.82) is 0 Å². The van der Waals surface area contributed by atoms with Gasteiger partial charge in [0.2, 0.25) is 0 Å². The molecule has 1 aliphatic heterocycles. The Hall–Kier alpha value is -0.263. The van der Waals surface area contributed by atoms with Crippen LogP contribution >= 0.6 is 0 Å². The molecule has 0 spiro atoms. The summed E-state index contributed by atoms with van der Waals surface area (Å²) in [6, 6.07) is 11.3. The number of rotatable bonds is 2. The summed E-state index contributed by atoms with van der Waals surface area (Å²) in [4.78, 5) is 2.45. The number of morpholine rings is 1. The summed E-state index contributed by atoms with van der Waals surface area (Å²) < 4.78 is 5.71. The molecule has 2 atom stereocenters. The van der Waals surface area contributed by atoms with Crippen molar-refractivity contribution in [3.05, 3.63) is 35.9 Å². The van der Waals surface area contributed by atoms with Gasteiger partial charge < -0.3 is 4.74 Å². The van der Waals surface area contributed by atoms with Crippen LogP contribution in [0, 0.1) is 6.07 Å². The van der Waals surface area contributed by atoms with Gasteiger partial charge in [0.25, 0.3) is 0 Å². The molecule has 0 radical (unpaired) electrons. The SMILES string of the molecule is C[C@@H]1CN(Cc2cc[c-]cc2)C[C@H](C)O1.[Li+]. The van der Waals surface area contributed by atoms with Crippen molar-refractivity contribution in [3.8, 4) is 0 Å². The van der Waals surface area contributed by atoms with E-state index >= 15 is 0 Å². The van der Waals surface area contributed by atoms with E-state index in [-0.39, 0.29) is 18.9 Å². The molecular formula is C13H18LiNO. The summed E-state index contributed by atoms with van der Waals surface area (Å²) in [5.41, 5.74) is 1.36. The molecule has 0 amide bonds. The van der Waals surface area contributed by atoms with Crippen LogP contribution in [0.25, 0.3) is 0 Å². The van der Waals surface area contributed by atoms with Crippen LogP contribution in [-0.2, 0) is 11.3 Å². The third kappa shape index (κ3) is 3.96. The maximum atomic E-state index is 5.71. The Morgan fingerprint density at radius 3 is 2.38 bits per heavy atom. The van der Waals surface area contributed by atoms with Crippen LogP contribution in [0.15, 0.2) is 24.3 Å². The average Bonchev–Trinajstić information content (AvgIpc) is 2.17. The summed E-state index contributed by atoms with van der Waals surface area (Å²) in [6.07, 6.45) is 0.702. The molecule has 1 fully saturated rings. The fourth-order valence-electron chi connectivity index (χ4n) is 2.20. The zero-order valence-electron chi connectivity index (χ0n) is 10.4. The second kappa shape index (κ2) is 6.47. The molecule has 82 valence electrons. The molecule has 16 heavy (non-hydrogen) atoms. The van der Waals surface area contributed by atoms with E-state index < -0.39 is 0 Å². The monoisotopic (exact) mass is 211 g/mol. The Labute approximate surface area is 110 Å². The predicted molar refractivity (Wildman–Crippen MR) is 60.6 cm³/mol. The summed E-state index contributed by atoms with van der Waals surface area (Å²) in [7, 11) is 0. The van der Waals surface area contributed by atoms with E-state index in [1.807, 2.05) is 12.1 Å². The molecule has 2 rings (SSSR count). The first-order valence-corrected chi connectivity index (χ1v) is 5.57. The minimum absolute atomic E-state index is 0. The summed E-state index contributed by atoms with van der Waals surface area (Å²) >= 11 is 0. The predicted octanol–water partition coefficient (Wildman–Crippen LogP) is -0.900. The molecular weight excluding hydrogens is 193 g/mol. The molecule has 0 unspecified atom stereocenters. The topological polar surface area (TPSA) is 12.5 Å². The van der Waals surface area contributed by atoms with Crippen LogP contribution in [-0.4, -0.2) is 30.2 Å². The van der Waals surface area contributed by atoms with Gasteiger partial charge in [0, 0.05) is 19.6 Å². The van der Waals surface area contributed by atoms with Gasteiger partial charge in [0.05, 0.1) is 12.2 Å². The minimum atomic E-state index is 0. The molecule has 0 aliphatic carbocycles. The molecule has 0 bridgehead atoms. The van der Waals surface area contributed by atoms with Gasteiger partial charge >= 0.3 is 18.9 Å². The van der Waals surface area contributed by atoms with Crippen LogP contribution in [0.4, 0.5) is 0 Å². The molecule has 1 aromatic rings. The first-order chi connectivity index (χ1) is 7.24. The van der Waals surface area contributed by atoms with Crippen LogP contribution in [0.5, 0.6) is 0 Å². The first-order valence-electron chi connectivity index (χ1n) is 5.57. The third-order valence-corrected chi connectivity index (χ3v) is 2.69. The van der Waals surface area contributed by atoms with Gasteiger partial charge in [-0.2, -0.15) is 30.3 Å². The third-order valence-electron chi connectivity index (χ3n) is 2.69. The van der Waals surface area contributed by atoms with E-state index in [4.69, 9.17) is 4.74 Å². The Bertz CT molecular complexity index is 294. The molecule has 1 aliphatic rings. The van der Waals surface area contributed by atoms with E-state index in [9.17, 15) is 0 Å². The summed E-state index contributed by atoms with van der Waals surface area (Å²) in [5.74, 6) is 0. The van der Waals surface area contributed by atoms with E-state index in [2.05, 4.69) is 36.9 Å². The van der Waals surface area contributed by atoms with Gasteiger partial charge in [0.15, 0.2) is 0 Å². The van der Waals surface area contributed by atoms with Crippen LogP contribution in [0.1, 0.15) is 19.4 Å². The van der Waals surface area contributed by atoms with Gasteiger partial charge in [-0.1, -0.05) is 0 Å². The summed E-state index contributed by atoms with van der Waals surface area (Å²) in [6.45, 7) is 7.36. The number of benzene rings is 1. The Kier molecular flexibility index (Phi) is 5.58. The van der Waals surface area contributed by atoms with Gasteiger partial charge in [0.1, 0.15) is 0 Å². The fourth-order valence-corrected chi connectivity index (χ4v) is 2.20. The Balaban J connectivity index is 0.00000128. The summed E-state index contributed by atoms with van der Waals surface area (Å²) in [5, 5.41) is 0. The number of hydrogen-bond donors (Lipinski definition) is 0. The minimum Gasteiger partial charge on any atom is -0.373 e. The quantitative estimate of drug-likeness (QED) is 0.464. The van der Waals surface area contributed by atoms with Crippen molar-refractivity contribution in [2.75, 3.05) is 13.1 Å². The van der Waals surface area contributed by atoms with Crippen molar-refractivity contribution in [3.63, 3.8) is 0 Å². The number of nitrogens with zero attached hydrogens (tertiary/aromatic N) is 1. The zero-order chi connectivity index (χ0) is 10.7. The second-order valence-corrected chi connectivity index (χ2v) is 4.36. The molecule has 1 aromatic carbocycles. The van der Waals surface area contributed by atoms with Crippen LogP contribution < -0.4 is 18.9 Å². The molecule has 0 N–H and O–H groups in total. The second-order valence-electron chi connectivity index (χ2n) is 4.36. The smallest absolute Gasteiger partial charge is 0.373 e.